The van der Waals surface area contributed by atoms with E-state index in [1.165, 1.54) is 6.07 Å². The predicted octanol–water partition coefficient (Wildman–Crippen LogP) is 2.79. The van der Waals surface area contributed by atoms with E-state index < -0.39 is 29.6 Å². The van der Waals surface area contributed by atoms with Gasteiger partial charge in [0.05, 0.1) is 6.04 Å². The van der Waals surface area contributed by atoms with Crippen LogP contribution in [0, 0.1) is 11.6 Å². The lowest BCUT2D eigenvalue weighted by Crippen LogP contribution is -2.56. The Morgan fingerprint density at radius 2 is 1.61 bits per heavy atom. The van der Waals surface area contributed by atoms with E-state index in [0.29, 0.717) is 11.4 Å². The zero-order valence-corrected chi connectivity index (χ0v) is 19.7. The molecule has 2 atom stereocenters. The van der Waals surface area contributed by atoms with Crippen LogP contribution in [0.2, 0.25) is 0 Å². The quantitative estimate of drug-likeness (QED) is 0.505. The van der Waals surface area contributed by atoms with E-state index >= 15 is 0 Å². The smallest absolute Gasteiger partial charge is 0.243 e. The Morgan fingerprint density at radius 1 is 0.970 bits per heavy atom. The molecule has 0 saturated carbocycles. The van der Waals surface area contributed by atoms with Gasteiger partial charge in [-0.2, -0.15) is 0 Å². The van der Waals surface area contributed by atoms with Crippen LogP contribution in [0.5, 0.6) is 0 Å². The van der Waals surface area contributed by atoms with Crippen LogP contribution in [0.15, 0.2) is 36.5 Å². The first-order chi connectivity index (χ1) is 15.5. The van der Waals surface area contributed by atoms with Gasteiger partial charge >= 0.3 is 0 Å². The van der Waals surface area contributed by atoms with E-state index in [0.717, 1.165) is 17.7 Å². The van der Waals surface area contributed by atoms with Crippen molar-refractivity contribution in [1.82, 2.24) is 20.5 Å². The molecule has 1 heterocycles. The highest BCUT2D eigenvalue weighted by atomic mass is 19.2. The van der Waals surface area contributed by atoms with Gasteiger partial charge in [0, 0.05) is 31.2 Å². The first kappa shape index (κ1) is 26.2. The van der Waals surface area contributed by atoms with Gasteiger partial charge in [0.15, 0.2) is 11.6 Å². The number of nitrogens with one attached hydrogen (secondary N) is 2. The summed E-state index contributed by atoms with van der Waals surface area (Å²) in [5.41, 5.74) is 6.70. The second kappa shape index (κ2) is 11.7. The van der Waals surface area contributed by atoms with Crippen LogP contribution in [0.1, 0.15) is 45.7 Å². The maximum atomic E-state index is 13.7. The second-order valence-corrected chi connectivity index (χ2v) is 8.63. The van der Waals surface area contributed by atoms with E-state index in [-0.39, 0.29) is 31.0 Å². The fourth-order valence-electron chi connectivity index (χ4n) is 3.88. The number of nitrogen functional groups attached to an aromatic ring is 1. The first-order valence-electron chi connectivity index (χ1n) is 11.0. The zero-order chi connectivity index (χ0) is 24.7. The average Bonchev–Trinajstić information content (AvgIpc) is 2.74. The standard InChI is InChI=1S/C24H33F2N5O2/c1-14(2)31(15(3)4)16(5)23(32)30-21(11-17-6-8-19(25)20(26)10-17)24(33)29-13-18-7-9-22(27)28-12-18/h6-10,12,14-16,21H,11,13H2,1-5H3,(H2,27,28)(H,29,33)(H,30,32)/t16?,21-/m0/s1. The molecule has 2 aromatic rings. The molecule has 0 aliphatic rings. The molecule has 0 saturated heterocycles. The molecule has 1 aromatic heterocycles. The van der Waals surface area contributed by atoms with Crippen molar-refractivity contribution in [3.63, 3.8) is 0 Å². The number of benzene rings is 1. The third-order valence-corrected chi connectivity index (χ3v) is 5.39. The van der Waals surface area contributed by atoms with Crippen LogP contribution in [0.4, 0.5) is 14.6 Å². The van der Waals surface area contributed by atoms with Crippen LogP contribution in [-0.2, 0) is 22.6 Å². The van der Waals surface area contributed by atoms with Gasteiger partial charge in [-0.1, -0.05) is 12.1 Å². The number of carbonyl (C=O) groups is 2. The van der Waals surface area contributed by atoms with Gasteiger partial charge in [0.25, 0.3) is 0 Å². The number of halogens is 2. The van der Waals surface area contributed by atoms with Crippen molar-refractivity contribution < 1.29 is 18.4 Å². The number of hydrogen-bond acceptors (Lipinski definition) is 5. The van der Waals surface area contributed by atoms with Crippen molar-refractivity contribution >= 4 is 17.6 Å². The molecule has 0 aliphatic heterocycles. The summed E-state index contributed by atoms with van der Waals surface area (Å²) in [6.07, 6.45) is 1.55. The lowest BCUT2D eigenvalue weighted by Gasteiger charge is -2.36. The van der Waals surface area contributed by atoms with Gasteiger partial charge in [-0.25, -0.2) is 13.8 Å². The van der Waals surface area contributed by atoms with Crippen LogP contribution in [0.25, 0.3) is 0 Å². The summed E-state index contributed by atoms with van der Waals surface area (Å²) in [6, 6.07) is 5.54. The molecular formula is C24H33F2N5O2. The van der Waals surface area contributed by atoms with Crippen molar-refractivity contribution in [2.24, 2.45) is 0 Å². The molecule has 9 heteroatoms. The van der Waals surface area contributed by atoms with Gasteiger partial charge in [-0.3, -0.25) is 14.5 Å². The molecule has 1 aromatic carbocycles. The number of carbonyl (C=O) groups excluding carboxylic acids is 2. The van der Waals surface area contributed by atoms with Gasteiger partial charge < -0.3 is 16.4 Å². The van der Waals surface area contributed by atoms with E-state index in [2.05, 4.69) is 15.6 Å². The number of amides is 2. The van der Waals surface area contributed by atoms with Gasteiger partial charge in [0.1, 0.15) is 11.9 Å². The Hall–Kier alpha value is -3.07. The largest absolute Gasteiger partial charge is 0.384 e. The maximum Gasteiger partial charge on any atom is 0.243 e. The number of aromatic nitrogens is 1. The highest BCUT2D eigenvalue weighted by Crippen LogP contribution is 2.14. The predicted molar refractivity (Wildman–Crippen MR) is 124 cm³/mol. The van der Waals surface area contributed by atoms with Crippen molar-refractivity contribution in [3.8, 4) is 0 Å². The third kappa shape index (κ3) is 7.49. The molecule has 7 nitrogen and oxygen atoms in total. The molecule has 2 amide bonds. The fourth-order valence-corrected chi connectivity index (χ4v) is 3.88. The summed E-state index contributed by atoms with van der Waals surface area (Å²) in [5, 5.41) is 5.56. The fraction of sp³-hybridized carbons (Fsp3) is 0.458. The van der Waals surface area contributed by atoms with E-state index in [1.54, 1.807) is 25.3 Å². The lowest BCUT2D eigenvalue weighted by atomic mass is 10.0. The minimum Gasteiger partial charge on any atom is -0.384 e. The van der Waals surface area contributed by atoms with Gasteiger partial charge in [-0.05, 0) is 63.9 Å². The number of nitrogens with zero attached hydrogens (tertiary/aromatic N) is 2. The summed E-state index contributed by atoms with van der Waals surface area (Å²) in [5.74, 6) is -2.39. The lowest BCUT2D eigenvalue weighted by molar-refractivity contribution is -0.132. The minimum absolute atomic E-state index is 0.00480. The Balaban J connectivity index is 2.19. The summed E-state index contributed by atoms with van der Waals surface area (Å²) in [7, 11) is 0. The summed E-state index contributed by atoms with van der Waals surface area (Å²) in [6.45, 7) is 9.94. The van der Waals surface area contributed by atoms with Crippen LogP contribution in [0.3, 0.4) is 0 Å². The van der Waals surface area contributed by atoms with Crippen molar-refractivity contribution in [1.29, 1.82) is 0 Å². The number of nitrogens with two attached hydrogens (primary N) is 1. The summed E-state index contributed by atoms with van der Waals surface area (Å²) in [4.78, 5) is 32.0. The molecule has 2 rings (SSSR count). The van der Waals surface area contributed by atoms with Crippen molar-refractivity contribution in [2.45, 2.75) is 71.8 Å². The second-order valence-electron chi connectivity index (χ2n) is 8.63. The SMILES string of the molecule is CC(C)N(C(C)C)C(C)C(=O)N[C@@H](Cc1ccc(F)c(F)c1)C(=O)NCc1ccc(N)nc1. The molecule has 0 aliphatic carbocycles. The molecule has 180 valence electrons. The van der Waals surface area contributed by atoms with Crippen molar-refractivity contribution in [2.75, 3.05) is 5.73 Å². The summed E-state index contributed by atoms with van der Waals surface area (Å²) >= 11 is 0. The molecular weight excluding hydrogens is 428 g/mol. The molecule has 0 fully saturated rings. The number of hydrogen-bond donors (Lipinski definition) is 3. The van der Waals surface area contributed by atoms with Gasteiger partial charge in [-0.15, -0.1) is 0 Å². The normalized spacial score (nSPS) is 13.3. The molecule has 0 spiro atoms. The van der Waals surface area contributed by atoms with Crippen LogP contribution < -0.4 is 16.4 Å². The monoisotopic (exact) mass is 461 g/mol. The molecule has 4 N–H and O–H groups in total. The molecule has 1 unspecified atom stereocenters. The van der Waals surface area contributed by atoms with E-state index in [9.17, 15) is 18.4 Å². The molecule has 33 heavy (non-hydrogen) atoms. The third-order valence-electron chi connectivity index (χ3n) is 5.39. The van der Waals surface area contributed by atoms with Gasteiger partial charge in [0.2, 0.25) is 11.8 Å². The Bertz CT molecular complexity index is 942. The molecule has 0 bridgehead atoms. The first-order valence-corrected chi connectivity index (χ1v) is 11.0. The topological polar surface area (TPSA) is 100 Å². The number of rotatable bonds is 10. The number of anilines is 1. The Labute approximate surface area is 193 Å². The minimum atomic E-state index is -1.01. The average molecular weight is 462 g/mol. The van der Waals surface area contributed by atoms with Crippen LogP contribution in [-0.4, -0.2) is 45.9 Å². The Kier molecular flexibility index (Phi) is 9.28. The van der Waals surface area contributed by atoms with Crippen LogP contribution >= 0.6 is 0 Å². The highest BCUT2D eigenvalue weighted by molar-refractivity contribution is 5.89. The maximum absolute atomic E-state index is 13.7. The Morgan fingerprint density at radius 3 is 2.15 bits per heavy atom. The zero-order valence-electron chi connectivity index (χ0n) is 19.7. The van der Waals surface area contributed by atoms with E-state index in [1.807, 2.05) is 32.6 Å². The highest BCUT2D eigenvalue weighted by Gasteiger charge is 2.29. The van der Waals surface area contributed by atoms with E-state index in [4.69, 9.17) is 5.73 Å². The molecule has 0 radical (unpaired) electrons. The summed E-state index contributed by atoms with van der Waals surface area (Å²) < 4.78 is 27.1. The van der Waals surface area contributed by atoms with Crippen molar-refractivity contribution in [3.05, 3.63) is 59.3 Å². The number of pyridine rings is 1.